The third-order valence-corrected chi connectivity index (χ3v) is 4.44. The van der Waals surface area contributed by atoms with E-state index in [0.717, 1.165) is 35.8 Å². The lowest BCUT2D eigenvalue weighted by Gasteiger charge is -2.22. The Morgan fingerprint density at radius 2 is 2.00 bits per heavy atom. The van der Waals surface area contributed by atoms with E-state index in [9.17, 15) is 5.11 Å². The number of nitrogens with zero attached hydrogens (tertiary/aromatic N) is 1. The first-order valence-corrected chi connectivity index (χ1v) is 7.37. The van der Waals surface area contributed by atoms with Crippen LogP contribution in [0.25, 0.3) is 10.8 Å². The Kier molecular flexibility index (Phi) is 3.55. The lowest BCUT2D eigenvalue weighted by Crippen LogP contribution is -2.24. The molecule has 4 nitrogen and oxygen atoms in total. The van der Waals surface area contributed by atoms with Crippen LogP contribution in [0.2, 0.25) is 0 Å². The highest BCUT2D eigenvalue weighted by atomic mass is 16.3. The number of benzene rings is 2. The maximum atomic E-state index is 9.78. The second kappa shape index (κ2) is 5.37. The van der Waals surface area contributed by atoms with Crippen molar-refractivity contribution >= 4 is 22.3 Å². The number of aliphatic hydroxyl groups is 1. The zero-order valence-corrected chi connectivity index (χ0v) is 12.2. The first-order valence-electron chi connectivity index (χ1n) is 7.37. The van der Waals surface area contributed by atoms with Crippen LogP contribution < -0.4 is 10.6 Å². The summed E-state index contributed by atoms with van der Waals surface area (Å²) >= 11 is 0. The van der Waals surface area contributed by atoms with Crippen molar-refractivity contribution in [2.45, 2.75) is 19.4 Å². The average molecular weight is 283 g/mol. The summed E-state index contributed by atoms with van der Waals surface area (Å²) in [5, 5.41) is 19.6. The van der Waals surface area contributed by atoms with Crippen molar-refractivity contribution in [1.29, 1.82) is 5.41 Å². The minimum absolute atomic E-state index is 0.0982. The summed E-state index contributed by atoms with van der Waals surface area (Å²) in [5.74, 6) is 0.428. The third kappa shape index (κ3) is 2.47. The average Bonchev–Trinajstić information content (AvgIpc) is 2.95. The highest BCUT2D eigenvalue weighted by molar-refractivity contribution is 6.10. The summed E-state index contributed by atoms with van der Waals surface area (Å²) in [6.45, 7) is 3.70. The van der Waals surface area contributed by atoms with Gasteiger partial charge in [-0.25, -0.2) is 0 Å². The molecule has 2 aromatic carbocycles. The van der Waals surface area contributed by atoms with E-state index in [1.807, 2.05) is 37.3 Å². The number of anilines is 1. The lowest BCUT2D eigenvalue weighted by molar-refractivity contribution is 0.136. The summed E-state index contributed by atoms with van der Waals surface area (Å²) < 4.78 is 0. The summed E-state index contributed by atoms with van der Waals surface area (Å²) in [6.07, 6.45) is 0.748. The number of aliphatic hydroxyl groups excluding tert-OH is 1. The van der Waals surface area contributed by atoms with E-state index >= 15 is 0 Å². The molecule has 1 fully saturated rings. The highest BCUT2D eigenvalue weighted by Gasteiger charge is 2.27. The Labute approximate surface area is 124 Å². The van der Waals surface area contributed by atoms with E-state index in [0.29, 0.717) is 5.92 Å². The summed E-state index contributed by atoms with van der Waals surface area (Å²) in [5.41, 5.74) is 7.63. The minimum atomic E-state index is -0.266. The zero-order valence-electron chi connectivity index (χ0n) is 12.2. The number of nitrogens with one attached hydrogen (secondary N) is 1. The van der Waals surface area contributed by atoms with Gasteiger partial charge in [-0.1, -0.05) is 24.3 Å². The van der Waals surface area contributed by atoms with Gasteiger partial charge in [0.15, 0.2) is 0 Å². The SMILES string of the molecule is CC(O)C1CCN(c2ccc(C(=N)N)c3ccccc23)C1. The smallest absolute Gasteiger partial charge is 0.123 e. The van der Waals surface area contributed by atoms with Gasteiger partial charge >= 0.3 is 0 Å². The van der Waals surface area contributed by atoms with Crippen molar-refractivity contribution in [3.8, 4) is 0 Å². The van der Waals surface area contributed by atoms with Crippen LogP contribution in [0.5, 0.6) is 0 Å². The summed E-state index contributed by atoms with van der Waals surface area (Å²) in [6, 6.07) is 12.0. The minimum Gasteiger partial charge on any atom is -0.393 e. The van der Waals surface area contributed by atoms with Gasteiger partial charge in [0.25, 0.3) is 0 Å². The topological polar surface area (TPSA) is 73.3 Å². The molecule has 0 spiro atoms. The molecule has 3 rings (SSSR count). The molecule has 0 amide bonds. The number of nitrogen functional groups attached to an aromatic ring is 1. The third-order valence-electron chi connectivity index (χ3n) is 4.44. The van der Waals surface area contributed by atoms with E-state index in [2.05, 4.69) is 11.0 Å². The molecular weight excluding hydrogens is 262 g/mol. The van der Waals surface area contributed by atoms with E-state index in [4.69, 9.17) is 11.1 Å². The lowest BCUT2D eigenvalue weighted by atomic mass is 10.0. The highest BCUT2D eigenvalue weighted by Crippen LogP contribution is 2.33. The number of hydrogen-bond donors (Lipinski definition) is 3. The van der Waals surface area contributed by atoms with Crippen LogP contribution in [0, 0.1) is 11.3 Å². The van der Waals surface area contributed by atoms with Crippen LogP contribution in [-0.4, -0.2) is 30.1 Å². The molecule has 0 aromatic heterocycles. The summed E-state index contributed by atoms with van der Waals surface area (Å²) in [4.78, 5) is 2.32. The maximum absolute atomic E-state index is 9.78. The van der Waals surface area contributed by atoms with Gasteiger partial charge in [-0.05, 0) is 30.9 Å². The Bertz CT molecular complexity index is 681. The monoisotopic (exact) mass is 283 g/mol. The molecule has 21 heavy (non-hydrogen) atoms. The van der Waals surface area contributed by atoms with Crippen LogP contribution in [0.4, 0.5) is 5.69 Å². The first-order chi connectivity index (χ1) is 10.1. The normalized spacial score (nSPS) is 19.9. The molecule has 1 aliphatic heterocycles. The molecule has 2 unspecified atom stereocenters. The second-order valence-electron chi connectivity index (χ2n) is 5.83. The molecule has 4 heteroatoms. The molecule has 0 saturated carbocycles. The van der Waals surface area contributed by atoms with E-state index in [1.54, 1.807) is 0 Å². The van der Waals surface area contributed by atoms with Gasteiger partial charge in [-0.3, -0.25) is 5.41 Å². The van der Waals surface area contributed by atoms with E-state index < -0.39 is 0 Å². The van der Waals surface area contributed by atoms with Gasteiger partial charge in [0.2, 0.25) is 0 Å². The Morgan fingerprint density at radius 3 is 2.62 bits per heavy atom. The van der Waals surface area contributed by atoms with Gasteiger partial charge in [-0.15, -0.1) is 0 Å². The largest absolute Gasteiger partial charge is 0.393 e. The molecule has 0 aliphatic carbocycles. The number of nitrogens with two attached hydrogens (primary N) is 1. The molecule has 1 saturated heterocycles. The molecular formula is C17H21N3O. The fourth-order valence-electron chi connectivity index (χ4n) is 3.19. The molecule has 2 aromatic rings. The van der Waals surface area contributed by atoms with Gasteiger partial charge in [-0.2, -0.15) is 0 Å². The van der Waals surface area contributed by atoms with Crippen molar-refractivity contribution in [1.82, 2.24) is 0 Å². The van der Waals surface area contributed by atoms with Gasteiger partial charge < -0.3 is 15.7 Å². The molecule has 0 bridgehead atoms. The number of rotatable bonds is 3. The van der Waals surface area contributed by atoms with Crippen LogP contribution in [0.15, 0.2) is 36.4 Å². The maximum Gasteiger partial charge on any atom is 0.123 e. The quantitative estimate of drug-likeness (QED) is 0.598. The van der Waals surface area contributed by atoms with Gasteiger partial charge in [0.05, 0.1) is 6.10 Å². The van der Waals surface area contributed by atoms with Gasteiger partial charge in [0, 0.05) is 35.6 Å². The van der Waals surface area contributed by atoms with Gasteiger partial charge in [0.1, 0.15) is 5.84 Å². The van der Waals surface area contributed by atoms with E-state index in [1.165, 1.54) is 5.69 Å². The number of fused-ring (bicyclic) bond motifs is 1. The second-order valence-corrected chi connectivity index (χ2v) is 5.83. The Balaban J connectivity index is 2.05. The molecule has 2 atom stereocenters. The number of hydrogen-bond acceptors (Lipinski definition) is 3. The van der Waals surface area contributed by atoms with Crippen molar-refractivity contribution < 1.29 is 5.11 Å². The Morgan fingerprint density at radius 1 is 1.29 bits per heavy atom. The van der Waals surface area contributed by atoms with Crippen molar-refractivity contribution in [3.63, 3.8) is 0 Å². The fourth-order valence-corrected chi connectivity index (χ4v) is 3.19. The van der Waals surface area contributed by atoms with Crippen LogP contribution in [-0.2, 0) is 0 Å². The molecule has 0 radical (unpaired) electrons. The predicted molar refractivity (Wildman–Crippen MR) is 87.0 cm³/mol. The molecule has 110 valence electrons. The first kappa shape index (κ1) is 13.9. The van der Waals surface area contributed by atoms with Crippen LogP contribution in [0.1, 0.15) is 18.9 Å². The Hall–Kier alpha value is -2.07. The number of amidine groups is 1. The van der Waals surface area contributed by atoms with Crippen molar-refractivity contribution in [2.24, 2.45) is 11.7 Å². The van der Waals surface area contributed by atoms with Crippen LogP contribution >= 0.6 is 0 Å². The molecule has 1 aliphatic rings. The summed E-state index contributed by atoms with van der Waals surface area (Å²) in [7, 11) is 0. The van der Waals surface area contributed by atoms with Crippen LogP contribution in [0.3, 0.4) is 0 Å². The van der Waals surface area contributed by atoms with E-state index in [-0.39, 0.29) is 11.9 Å². The predicted octanol–water partition coefficient (Wildman–Crippen LogP) is 2.33. The van der Waals surface area contributed by atoms with Crippen molar-refractivity contribution in [3.05, 3.63) is 42.0 Å². The molecule has 1 heterocycles. The molecule has 4 N–H and O–H groups in total. The van der Waals surface area contributed by atoms with Crippen molar-refractivity contribution in [2.75, 3.05) is 18.0 Å². The standard InChI is InChI=1S/C17H21N3O/c1-11(21)12-8-9-20(10-12)16-7-6-15(17(18)19)13-4-2-3-5-14(13)16/h2-7,11-12,21H,8-10H2,1H3,(H3,18,19). The zero-order chi connectivity index (χ0) is 15.0. The fraction of sp³-hybridized carbons (Fsp3) is 0.353.